The van der Waals surface area contributed by atoms with Crippen LogP contribution in [0.2, 0.25) is 0 Å². The molecule has 2 aliphatic rings. The highest BCUT2D eigenvalue weighted by Gasteiger charge is 2.39. The molecule has 0 N–H and O–H groups in total. The first-order valence-corrected chi connectivity index (χ1v) is 9.15. The van der Waals surface area contributed by atoms with Gasteiger partial charge in [0, 0.05) is 13.3 Å². The summed E-state index contributed by atoms with van der Waals surface area (Å²) >= 11 is 0. The summed E-state index contributed by atoms with van der Waals surface area (Å²) in [6.45, 7) is 8.90. The average Bonchev–Trinajstić information content (AvgIpc) is 3.39. The van der Waals surface area contributed by atoms with Gasteiger partial charge < -0.3 is 9.47 Å². The van der Waals surface area contributed by atoms with Gasteiger partial charge in [0.05, 0.1) is 0 Å². The van der Waals surface area contributed by atoms with E-state index in [0.29, 0.717) is 12.0 Å². The Morgan fingerprint density at radius 2 is 1.82 bits per heavy atom. The molecule has 0 radical (unpaired) electrons. The molecule has 1 unspecified atom stereocenters. The number of para-hydroxylation sites is 2. The lowest BCUT2D eigenvalue weighted by molar-refractivity contribution is -0.153. The first kappa shape index (κ1) is 21.4. The molecular formula is C23H26O5. The van der Waals surface area contributed by atoms with Crippen LogP contribution in [0.3, 0.4) is 0 Å². The molecule has 5 heteroatoms. The molecule has 0 aromatic heterocycles. The number of carbonyl (C=O) groups excluding carboxylic acids is 3. The highest BCUT2D eigenvalue weighted by Crippen LogP contribution is 2.43. The van der Waals surface area contributed by atoms with Crippen molar-refractivity contribution in [3.63, 3.8) is 0 Å². The van der Waals surface area contributed by atoms with Gasteiger partial charge in [-0.15, -0.1) is 0 Å². The fraction of sp³-hybridized carbons (Fsp3) is 0.348. The highest BCUT2D eigenvalue weighted by molar-refractivity contribution is 6.01. The van der Waals surface area contributed by atoms with Crippen molar-refractivity contribution in [1.82, 2.24) is 0 Å². The fourth-order valence-corrected chi connectivity index (χ4v) is 3.18. The van der Waals surface area contributed by atoms with E-state index in [-0.39, 0.29) is 11.2 Å². The second-order valence-electron chi connectivity index (χ2n) is 7.52. The molecule has 1 aliphatic heterocycles. The SMILES string of the molecule is CC(=O)OC1CC(C)(C)C(C=CC(C)=CC=O)=C(C)C1=O.c1ccc2c(c1)O2. The predicted molar refractivity (Wildman–Crippen MR) is 107 cm³/mol. The zero-order chi connectivity index (χ0) is 20.9. The van der Waals surface area contributed by atoms with Gasteiger partial charge in [0.25, 0.3) is 0 Å². The number of ketones is 1. The van der Waals surface area contributed by atoms with Crippen LogP contribution in [-0.2, 0) is 19.1 Å². The zero-order valence-corrected chi connectivity index (χ0v) is 16.9. The first-order chi connectivity index (χ1) is 13.2. The van der Waals surface area contributed by atoms with Crippen molar-refractivity contribution in [2.24, 2.45) is 5.41 Å². The van der Waals surface area contributed by atoms with Crippen molar-refractivity contribution in [3.8, 4) is 11.5 Å². The van der Waals surface area contributed by atoms with Crippen molar-refractivity contribution in [3.05, 3.63) is 59.2 Å². The molecule has 1 aromatic carbocycles. The minimum atomic E-state index is -0.707. The van der Waals surface area contributed by atoms with Gasteiger partial charge in [0.1, 0.15) is 6.29 Å². The summed E-state index contributed by atoms with van der Waals surface area (Å²) in [5, 5.41) is 0. The molecule has 0 saturated heterocycles. The second-order valence-corrected chi connectivity index (χ2v) is 7.52. The number of carbonyl (C=O) groups is 3. The van der Waals surface area contributed by atoms with E-state index in [1.165, 1.54) is 13.0 Å². The van der Waals surface area contributed by atoms with Gasteiger partial charge in [-0.25, -0.2) is 0 Å². The molecule has 1 heterocycles. The van der Waals surface area contributed by atoms with Gasteiger partial charge >= 0.3 is 5.97 Å². The molecule has 1 aliphatic carbocycles. The second kappa shape index (κ2) is 8.83. The fourth-order valence-electron chi connectivity index (χ4n) is 3.18. The molecule has 0 amide bonds. The maximum atomic E-state index is 12.3. The number of fused-ring (bicyclic) bond motifs is 1. The maximum absolute atomic E-state index is 12.3. The van der Waals surface area contributed by atoms with Crippen LogP contribution in [0.1, 0.15) is 41.0 Å². The van der Waals surface area contributed by atoms with Crippen LogP contribution in [0.5, 0.6) is 11.5 Å². The van der Waals surface area contributed by atoms with Crippen LogP contribution in [0, 0.1) is 5.41 Å². The summed E-state index contributed by atoms with van der Waals surface area (Å²) < 4.78 is 10.1. The number of hydrogen-bond donors (Lipinski definition) is 0. The van der Waals surface area contributed by atoms with Crippen LogP contribution in [0.25, 0.3) is 0 Å². The molecular weight excluding hydrogens is 356 g/mol. The number of allylic oxidation sites excluding steroid dienone is 5. The Balaban J connectivity index is 0.000000327. The van der Waals surface area contributed by atoms with E-state index >= 15 is 0 Å². The van der Waals surface area contributed by atoms with Crippen LogP contribution < -0.4 is 4.74 Å². The Kier molecular flexibility index (Phi) is 6.73. The molecule has 5 nitrogen and oxygen atoms in total. The van der Waals surface area contributed by atoms with E-state index in [9.17, 15) is 14.4 Å². The number of ether oxygens (including phenoxy) is 2. The quantitative estimate of drug-likeness (QED) is 0.251. The molecule has 0 spiro atoms. The Labute approximate surface area is 165 Å². The monoisotopic (exact) mass is 382 g/mol. The number of benzene rings is 1. The van der Waals surface area contributed by atoms with Gasteiger partial charge in [0.2, 0.25) is 0 Å². The third-order valence-electron chi connectivity index (χ3n) is 4.67. The Bertz CT molecular complexity index is 850. The third-order valence-corrected chi connectivity index (χ3v) is 4.67. The third kappa shape index (κ3) is 5.52. The van der Waals surface area contributed by atoms with E-state index in [1.54, 1.807) is 6.92 Å². The molecule has 1 atom stereocenters. The molecule has 0 fully saturated rings. The number of hydrogen-bond acceptors (Lipinski definition) is 5. The van der Waals surface area contributed by atoms with Crippen LogP contribution in [0.15, 0.2) is 59.2 Å². The van der Waals surface area contributed by atoms with Gasteiger partial charge in [-0.05, 0) is 54.2 Å². The largest absolute Gasteiger partial charge is 0.454 e. The van der Waals surface area contributed by atoms with E-state index in [0.717, 1.165) is 28.9 Å². The van der Waals surface area contributed by atoms with Gasteiger partial charge in [-0.1, -0.05) is 38.1 Å². The highest BCUT2D eigenvalue weighted by atomic mass is 16.6. The predicted octanol–water partition coefficient (Wildman–Crippen LogP) is 4.73. The summed E-state index contributed by atoms with van der Waals surface area (Å²) in [6, 6.07) is 7.84. The van der Waals surface area contributed by atoms with E-state index in [1.807, 2.05) is 57.2 Å². The van der Waals surface area contributed by atoms with Gasteiger partial charge in [-0.3, -0.25) is 14.4 Å². The summed E-state index contributed by atoms with van der Waals surface area (Å²) in [6.07, 6.45) is 5.63. The lowest BCUT2D eigenvalue weighted by Gasteiger charge is -2.36. The molecule has 148 valence electrons. The lowest BCUT2D eigenvalue weighted by Crippen LogP contribution is -2.38. The van der Waals surface area contributed by atoms with Gasteiger partial charge in [-0.2, -0.15) is 0 Å². The van der Waals surface area contributed by atoms with Crippen LogP contribution in [0.4, 0.5) is 0 Å². The summed E-state index contributed by atoms with van der Waals surface area (Å²) in [7, 11) is 0. The first-order valence-electron chi connectivity index (χ1n) is 9.15. The zero-order valence-electron chi connectivity index (χ0n) is 16.9. The molecule has 0 bridgehead atoms. The lowest BCUT2D eigenvalue weighted by atomic mass is 9.71. The van der Waals surface area contributed by atoms with Crippen molar-refractivity contribution >= 4 is 18.0 Å². The Morgan fingerprint density at radius 3 is 2.32 bits per heavy atom. The van der Waals surface area contributed by atoms with Crippen molar-refractivity contribution in [2.75, 3.05) is 0 Å². The summed E-state index contributed by atoms with van der Waals surface area (Å²) in [4.78, 5) is 33.8. The van der Waals surface area contributed by atoms with Crippen molar-refractivity contribution in [2.45, 2.75) is 47.1 Å². The average molecular weight is 382 g/mol. The van der Waals surface area contributed by atoms with E-state index in [4.69, 9.17) is 9.47 Å². The number of rotatable bonds is 4. The molecule has 3 rings (SSSR count). The van der Waals surface area contributed by atoms with Crippen molar-refractivity contribution in [1.29, 1.82) is 0 Å². The number of Topliss-reactive ketones (excluding diaryl/α,β-unsaturated/α-hetero) is 1. The minimum Gasteiger partial charge on any atom is -0.454 e. The number of aldehydes is 1. The normalized spacial score (nSPS) is 20.0. The molecule has 1 aromatic rings. The van der Waals surface area contributed by atoms with E-state index in [2.05, 4.69) is 0 Å². The van der Waals surface area contributed by atoms with E-state index < -0.39 is 12.1 Å². The molecule has 0 saturated carbocycles. The maximum Gasteiger partial charge on any atom is 0.303 e. The topological polar surface area (TPSA) is 73.0 Å². The Morgan fingerprint density at radius 1 is 1.21 bits per heavy atom. The molecule has 28 heavy (non-hydrogen) atoms. The summed E-state index contributed by atoms with van der Waals surface area (Å²) in [5.74, 6) is 1.46. The minimum absolute atomic E-state index is 0.152. The Hall–Kier alpha value is -2.95. The van der Waals surface area contributed by atoms with Crippen LogP contribution in [-0.4, -0.2) is 24.1 Å². The number of esters is 1. The van der Waals surface area contributed by atoms with Gasteiger partial charge in [0.15, 0.2) is 23.4 Å². The standard InChI is InChI=1S/C17H22O4.C6H4O/c1-11(8-9-18)6-7-14-12(2)16(20)15(21-13(3)19)10-17(14,4)5;1-2-4-6-5(3-1)7-6/h6-9,15H,10H2,1-5H3;1-4H. The summed E-state index contributed by atoms with van der Waals surface area (Å²) in [5.41, 5.74) is 2.05. The van der Waals surface area contributed by atoms with Crippen molar-refractivity contribution < 1.29 is 23.9 Å². The van der Waals surface area contributed by atoms with Crippen LogP contribution >= 0.6 is 0 Å². The smallest absolute Gasteiger partial charge is 0.303 e.